The zero-order valence-electron chi connectivity index (χ0n) is 15.4. The average Bonchev–Trinajstić information content (AvgIpc) is 2.71. The van der Waals surface area contributed by atoms with Gasteiger partial charge in [0.2, 0.25) is 5.95 Å². The Labute approximate surface area is 157 Å². The highest BCUT2D eigenvalue weighted by molar-refractivity contribution is 5.61. The summed E-state index contributed by atoms with van der Waals surface area (Å²) >= 11 is 0. The summed E-state index contributed by atoms with van der Waals surface area (Å²) in [5.74, 6) is 1.24. The van der Waals surface area contributed by atoms with Crippen LogP contribution >= 0.6 is 0 Å². The van der Waals surface area contributed by atoms with Crippen LogP contribution in [-0.2, 0) is 11.8 Å². The molecule has 138 valence electrons. The molecule has 4 rings (SSSR count). The van der Waals surface area contributed by atoms with E-state index in [1.165, 1.54) is 6.07 Å². The van der Waals surface area contributed by atoms with Gasteiger partial charge in [-0.05, 0) is 13.0 Å². The second-order valence-corrected chi connectivity index (χ2v) is 6.59. The van der Waals surface area contributed by atoms with Crippen molar-refractivity contribution in [3.05, 3.63) is 59.0 Å². The first-order valence-corrected chi connectivity index (χ1v) is 8.95. The van der Waals surface area contributed by atoms with Gasteiger partial charge in [0.15, 0.2) is 5.82 Å². The molecule has 1 fully saturated rings. The van der Waals surface area contributed by atoms with E-state index in [2.05, 4.69) is 21.8 Å². The Morgan fingerprint density at radius 3 is 2.70 bits per heavy atom. The van der Waals surface area contributed by atoms with Gasteiger partial charge in [-0.2, -0.15) is 0 Å². The van der Waals surface area contributed by atoms with Gasteiger partial charge in [0, 0.05) is 31.4 Å². The number of hydrogen-bond acceptors (Lipinski definition) is 6. The molecule has 1 atom stereocenters. The molecule has 1 saturated heterocycles. The molecule has 3 heterocycles. The van der Waals surface area contributed by atoms with E-state index in [9.17, 15) is 4.79 Å². The van der Waals surface area contributed by atoms with Crippen LogP contribution in [0.5, 0.6) is 0 Å². The van der Waals surface area contributed by atoms with Crippen LogP contribution in [0.25, 0.3) is 22.8 Å². The third-order valence-corrected chi connectivity index (χ3v) is 4.69. The summed E-state index contributed by atoms with van der Waals surface area (Å²) in [6.07, 6.45) is 1.70. The molecule has 0 N–H and O–H groups in total. The molecule has 0 amide bonds. The lowest BCUT2D eigenvalue weighted by molar-refractivity contribution is 0.0976. The number of rotatable bonds is 3. The maximum absolute atomic E-state index is 12.6. The van der Waals surface area contributed by atoms with E-state index in [1.54, 1.807) is 23.9 Å². The Hall–Kier alpha value is -3.06. The lowest BCUT2D eigenvalue weighted by Gasteiger charge is -2.34. The van der Waals surface area contributed by atoms with Crippen LogP contribution in [0.4, 0.5) is 5.95 Å². The summed E-state index contributed by atoms with van der Waals surface area (Å²) in [5.41, 5.74) is 1.98. The number of benzene rings is 1. The molecular formula is C20H21N5O2. The number of anilines is 1. The largest absolute Gasteiger partial charge is 0.377 e. The quantitative estimate of drug-likeness (QED) is 0.710. The van der Waals surface area contributed by atoms with E-state index in [4.69, 9.17) is 9.72 Å². The van der Waals surface area contributed by atoms with Crippen molar-refractivity contribution in [1.82, 2.24) is 19.5 Å². The smallest absolute Gasteiger partial charge is 0.255 e. The normalized spacial score (nSPS) is 17.1. The third kappa shape index (κ3) is 3.46. The van der Waals surface area contributed by atoms with Gasteiger partial charge >= 0.3 is 0 Å². The van der Waals surface area contributed by atoms with E-state index in [0.29, 0.717) is 42.9 Å². The first-order chi connectivity index (χ1) is 13.1. The highest BCUT2D eigenvalue weighted by atomic mass is 16.5. The Balaban J connectivity index is 1.78. The molecule has 0 radical (unpaired) electrons. The van der Waals surface area contributed by atoms with Gasteiger partial charge in [0.25, 0.3) is 5.56 Å². The van der Waals surface area contributed by atoms with Crippen molar-refractivity contribution in [2.45, 2.75) is 13.0 Å². The zero-order chi connectivity index (χ0) is 18.8. The monoisotopic (exact) mass is 363 g/mol. The lowest BCUT2D eigenvalue weighted by atomic mass is 10.2. The minimum absolute atomic E-state index is 0.117. The molecule has 0 aliphatic carbocycles. The number of hydrogen-bond donors (Lipinski definition) is 0. The molecule has 3 aromatic rings. The molecule has 1 aliphatic rings. The molecule has 7 heteroatoms. The molecule has 0 spiro atoms. The molecule has 2 aromatic heterocycles. The molecule has 0 bridgehead atoms. The first kappa shape index (κ1) is 17.4. The topological polar surface area (TPSA) is 73.1 Å². The zero-order valence-corrected chi connectivity index (χ0v) is 15.4. The second kappa shape index (κ2) is 7.28. The van der Waals surface area contributed by atoms with Crippen LogP contribution in [0.15, 0.2) is 53.5 Å². The van der Waals surface area contributed by atoms with Gasteiger partial charge in [0.05, 0.1) is 30.6 Å². The summed E-state index contributed by atoms with van der Waals surface area (Å²) in [6.45, 7) is 4.00. The van der Waals surface area contributed by atoms with Crippen LogP contribution in [0.1, 0.15) is 6.92 Å². The fourth-order valence-electron chi connectivity index (χ4n) is 3.17. The predicted molar refractivity (Wildman–Crippen MR) is 104 cm³/mol. The number of nitrogens with zero attached hydrogens (tertiary/aromatic N) is 5. The van der Waals surface area contributed by atoms with Crippen molar-refractivity contribution in [2.75, 3.05) is 24.7 Å². The van der Waals surface area contributed by atoms with E-state index in [-0.39, 0.29) is 11.6 Å². The first-order valence-electron chi connectivity index (χ1n) is 8.95. The van der Waals surface area contributed by atoms with Gasteiger partial charge in [-0.15, -0.1) is 0 Å². The van der Waals surface area contributed by atoms with Crippen molar-refractivity contribution >= 4 is 5.95 Å². The minimum atomic E-state index is -0.117. The van der Waals surface area contributed by atoms with Gasteiger partial charge in [-0.25, -0.2) is 15.0 Å². The fraction of sp³-hybridized carbons (Fsp3) is 0.300. The number of aromatic nitrogens is 4. The average molecular weight is 363 g/mol. The Morgan fingerprint density at radius 2 is 1.93 bits per heavy atom. The SMILES string of the molecule is C[C@@H]1COCCN1c1nc(-c2ccnc(-c3ccccc3)n2)cc(=O)n1C. The molecule has 1 aliphatic heterocycles. The van der Waals surface area contributed by atoms with E-state index in [1.807, 2.05) is 30.3 Å². The number of ether oxygens (including phenoxy) is 1. The second-order valence-electron chi connectivity index (χ2n) is 6.59. The van der Waals surface area contributed by atoms with E-state index in [0.717, 1.165) is 5.56 Å². The molecule has 27 heavy (non-hydrogen) atoms. The fourth-order valence-corrected chi connectivity index (χ4v) is 3.17. The highest BCUT2D eigenvalue weighted by Gasteiger charge is 2.23. The molecular weight excluding hydrogens is 342 g/mol. The van der Waals surface area contributed by atoms with Gasteiger partial charge in [-0.1, -0.05) is 30.3 Å². The van der Waals surface area contributed by atoms with Gasteiger partial charge < -0.3 is 9.64 Å². The summed E-state index contributed by atoms with van der Waals surface area (Å²) in [4.78, 5) is 28.4. The summed E-state index contributed by atoms with van der Waals surface area (Å²) in [7, 11) is 1.74. The minimum Gasteiger partial charge on any atom is -0.377 e. The number of morpholine rings is 1. The third-order valence-electron chi connectivity index (χ3n) is 4.69. The Kier molecular flexibility index (Phi) is 4.68. The predicted octanol–water partition coefficient (Wildman–Crippen LogP) is 2.13. The van der Waals surface area contributed by atoms with Gasteiger partial charge in [0.1, 0.15) is 0 Å². The Bertz CT molecular complexity index is 1000. The van der Waals surface area contributed by atoms with E-state index >= 15 is 0 Å². The van der Waals surface area contributed by atoms with Crippen LogP contribution in [-0.4, -0.2) is 45.3 Å². The molecule has 0 saturated carbocycles. The van der Waals surface area contributed by atoms with Crippen molar-refractivity contribution in [3.63, 3.8) is 0 Å². The molecule has 1 aromatic carbocycles. The van der Waals surface area contributed by atoms with E-state index < -0.39 is 0 Å². The highest BCUT2D eigenvalue weighted by Crippen LogP contribution is 2.22. The van der Waals surface area contributed by atoms with Crippen molar-refractivity contribution in [1.29, 1.82) is 0 Å². The standard InChI is InChI=1S/C20H21N5O2/c1-14-13-27-11-10-25(14)20-23-17(12-18(26)24(20)2)16-8-9-21-19(22-16)15-6-4-3-5-7-15/h3-9,12,14H,10-11,13H2,1-2H3/t14-/m1/s1. The summed E-state index contributed by atoms with van der Waals surface area (Å²) in [5, 5.41) is 0. The Morgan fingerprint density at radius 1 is 1.11 bits per heavy atom. The van der Waals surface area contributed by atoms with Crippen LogP contribution in [0.3, 0.4) is 0 Å². The summed E-state index contributed by atoms with van der Waals surface area (Å²) in [6, 6.07) is 13.2. The molecule has 7 nitrogen and oxygen atoms in total. The van der Waals surface area contributed by atoms with Crippen molar-refractivity contribution < 1.29 is 4.74 Å². The van der Waals surface area contributed by atoms with Crippen LogP contribution in [0, 0.1) is 0 Å². The lowest BCUT2D eigenvalue weighted by Crippen LogP contribution is -2.46. The van der Waals surface area contributed by atoms with Crippen molar-refractivity contribution in [2.24, 2.45) is 7.05 Å². The summed E-state index contributed by atoms with van der Waals surface area (Å²) < 4.78 is 7.08. The maximum Gasteiger partial charge on any atom is 0.255 e. The van der Waals surface area contributed by atoms with Crippen LogP contribution in [0.2, 0.25) is 0 Å². The maximum atomic E-state index is 12.6. The van der Waals surface area contributed by atoms with Crippen molar-refractivity contribution in [3.8, 4) is 22.8 Å². The van der Waals surface area contributed by atoms with Crippen LogP contribution < -0.4 is 10.5 Å². The molecule has 0 unspecified atom stereocenters. The van der Waals surface area contributed by atoms with Gasteiger partial charge in [-0.3, -0.25) is 9.36 Å².